The van der Waals surface area contributed by atoms with Gasteiger partial charge in [-0.05, 0) is 42.0 Å². The molecule has 3 heterocycles. The zero-order valence-corrected chi connectivity index (χ0v) is 25.3. The second-order valence-electron chi connectivity index (χ2n) is 10.6. The highest BCUT2D eigenvalue weighted by Crippen LogP contribution is 2.28. The summed E-state index contributed by atoms with van der Waals surface area (Å²) in [6.45, 7) is 0.278. The molecule has 3 amide bonds. The van der Waals surface area contributed by atoms with Gasteiger partial charge >= 0.3 is 0 Å². The number of benzene rings is 3. The molecule has 0 saturated carbocycles. The number of sulfone groups is 1. The predicted octanol–water partition coefficient (Wildman–Crippen LogP) is 1.75. The fourth-order valence-electron chi connectivity index (χ4n) is 5.05. The van der Waals surface area contributed by atoms with Crippen molar-refractivity contribution in [1.82, 2.24) is 15.5 Å². The number of nitrogens with zero attached hydrogens (tertiary/aromatic N) is 1. The molecule has 0 aromatic heterocycles. The van der Waals surface area contributed by atoms with Crippen LogP contribution in [0.15, 0.2) is 65.6 Å². The van der Waals surface area contributed by atoms with Crippen LogP contribution >= 0.6 is 0 Å². The molecule has 1 saturated heterocycles. The van der Waals surface area contributed by atoms with Gasteiger partial charge in [-0.2, -0.15) is 0 Å². The van der Waals surface area contributed by atoms with E-state index in [0.717, 1.165) is 11.8 Å². The maximum Gasteiger partial charge on any atom is 0.258 e. The number of likely N-dealkylation sites (tertiary alicyclic amines) is 1. The first-order chi connectivity index (χ1) is 21.0. The lowest BCUT2D eigenvalue weighted by Crippen LogP contribution is -2.45. The highest BCUT2D eigenvalue weighted by molar-refractivity contribution is 7.90. The van der Waals surface area contributed by atoms with Crippen molar-refractivity contribution in [2.75, 3.05) is 40.2 Å². The van der Waals surface area contributed by atoms with E-state index in [1.807, 2.05) is 0 Å². The lowest BCUT2D eigenvalue weighted by atomic mass is 10.1. The molecule has 3 aliphatic rings. The number of carbonyl (C=O) groups is 3. The number of nitrogens with one attached hydrogen (secondary N) is 2. The fraction of sp³-hybridized carbons (Fsp3) is 0.323. The van der Waals surface area contributed by atoms with Crippen molar-refractivity contribution in [2.24, 2.45) is 0 Å². The van der Waals surface area contributed by atoms with E-state index < -0.39 is 27.9 Å². The summed E-state index contributed by atoms with van der Waals surface area (Å²) in [7, 11) is -0.387. The third kappa shape index (κ3) is 7.22. The fourth-order valence-corrected chi connectivity index (χ4v) is 5.68. The van der Waals surface area contributed by atoms with Gasteiger partial charge in [-0.1, -0.05) is 12.1 Å². The molecular weight excluding hydrogens is 590 g/mol. The van der Waals surface area contributed by atoms with Gasteiger partial charge in [0.15, 0.2) is 16.4 Å². The molecule has 3 aliphatic heterocycles. The molecule has 4 bridgehead atoms. The first-order valence-corrected chi connectivity index (χ1v) is 15.7. The van der Waals surface area contributed by atoms with Gasteiger partial charge in [0.25, 0.3) is 11.8 Å². The predicted molar refractivity (Wildman–Crippen MR) is 159 cm³/mol. The summed E-state index contributed by atoms with van der Waals surface area (Å²) in [5.74, 6) is 0.581. The zero-order valence-electron chi connectivity index (χ0n) is 24.5. The highest BCUT2D eigenvalue weighted by atomic mass is 32.2. The van der Waals surface area contributed by atoms with Crippen LogP contribution in [0.25, 0.3) is 0 Å². The van der Waals surface area contributed by atoms with Gasteiger partial charge in [0.2, 0.25) is 5.91 Å². The first-order valence-electron chi connectivity index (χ1n) is 13.8. The number of fused-ring (bicyclic) bond motifs is 7. The Morgan fingerprint density at radius 2 is 1.75 bits per heavy atom. The molecule has 44 heavy (non-hydrogen) atoms. The second-order valence-corrected chi connectivity index (χ2v) is 12.6. The minimum absolute atomic E-state index is 0.0439. The van der Waals surface area contributed by atoms with Crippen molar-refractivity contribution in [3.63, 3.8) is 0 Å². The van der Waals surface area contributed by atoms with Gasteiger partial charge in [-0.3, -0.25) is 14.4 Å². The Balaban J connectivity index is 1.42. The van der Waals surface area contributed by atoms with Gasteiger partial charge in [0, 0.05) is 42.6 Å². The standard InChI is InChI=1S/C31H33N3O9S/c1-40-23-11-21-12-24(13-23)42-18-29(35)32-15-20-6-7-22(14-27(20)41-2)43-28-17-34(16-26(28)33-31(21)37)30(36)10-19-4-8-25(9-5-19)44(3,38)39/h4-9,11-14,26,28H,10,15-18H2,1-3H3,(H,32,35)(H,33,37)/t26-,28-/m0/s1. The summed E-state index contributed by atoms with van der Waals surface area (Å²) in [5.41, 5.74) is 1.62. The number of amides is 3. The van der Waals surface area contributed by atoms with Gasteiger partial charge in [0.05, 0.1) is 38.1 Å². The second kappa shape index (κ2) is 12.8. The third-order valence-corrected chi connectivity index (χ3v) is 8.54. The molecule has 12 nitrogen and oxygen atoms in total. The summed E-state index contributed by atoms with van der Waals surface area (Å²) in [5, 5.41) is 5.78. The number of hydrogen-bond donors (Lipinski definition) is 2. The Bertz CT molecular complexity index is 1680. The first kappa shape index (κ1) is 30.7. The van der Waals surface area contributed by atoms with Crippen LogP contribution in [0.3, 0.4) is 0 Å². The number of carbonyl (C=O) groups excluding carboxylic acids is 3. The van der Waals surface area contributed by atoms with Crippen LogP contribution in [0.1, 0.15) is 21.5 Å². The van der Waals surface area contributed by atoms with Crippen molar-refractivity contribution in [3.05, 3.63) is 77.4 Å². The molecule has 3 aromatic rings. The van der Waals surface area contributed by atoms with E-state index in [0.29, 0.717) is 22.8 Å². The van der Waals surface area contributed by atoms with Crippen molar-refractivity contribution < 1.29 is 41.7 Å². The van der Waals surface area contributed by atoms with Crippen LogP contribution in [0.5, 0.6) is 23.0 Å². The molecule has 13 heteroatoms. The van der Waals surface area contributed by atoms with E-state index in [2.05, 4.69) is 10.6 Å². The van der Waals surface area contributed by atoms with Gasteiger partial charge in [-0.15, -0.1) is 0 Å². The van der Waals surface area contributed by atoms with Gasteiger partial charge in [0.1, 0.15) is 29.1 Å². The Morgan fingerprint density at radius 3 is 2.45 bits per heavy atom. The molecule has 232 valence electrons. The van der Waals surface area contributed by atoms with E-state index in [9.17, 15) is 22.8 Å². The average Bonchev–Trinajstić information content (AvgIpc) is 3.40. The van der Waals surface area contributed by atoms with E-state index in [-0.39, 0.29) is 60.7 Å². The number of methoxy groups -OCH3 is 2. The lowest BCUT2D eigenvalue weighted by molar-refractivity contribution is -0.129. The largest absolute Gasteiger partial charge is 0.497 e. The van der Waals surface area contributed by atoms with E-state index >= 15 is 0 Å². The quantitative estimate of drug-likeness (QED) is 0.434. The number of hydrogen-bond acceptors (Lipinski definition) is 9. The number of ether oxygens (including phenoxy) is 4. The highest BCUT2D eigenvalue weighted by Gasteiger charge is 2.38. The van der Waals surface area contributed by atoms with E-state index in [1.165, 1.54) is 32.4 Å². The monoisotopic (exact) mass is 623 g/mol. The van der Waals surface area contributed by atoms with Crippen LogP contribution in [-0.4, -0.2) is 83.4 Å². The van der Waals surface area contributed by atoms with Crippen LogP contribution in [0.4, 0.5) is 0 Å². The van der Waals surface area contributed by atoms with Crippen molar-refractivity contribution >= 4 is 27.6 Å². The normalized spacial score (nSPS) is 18.7. The SMILES string of the molecule is COc1cc2cc(c1)C(=O)N[C@H]1CN(C(=O)Cc3ccc(S(C)(=O)=O)cc3)C[C@@H]1Oc1ccc(c(OC)c1)CNC(=O)CO2. The van der Waals surface area contributed by atoms with Crippen LogP contribution in [0.2, 0.25) is 0 Å². The molecule has 3 aromatic carbocycles. The summed E-state index contributed by atoms with van der Waals surface area (Å²) < 4.78 is 46.5. The Hall–Kier alpha value is -4.78. The molecular formula is C31H33N3O9S. The summed E-state index contributed by atoms with van der Waals surface area (Å²) in [6.07, 6.45) is 0.562. The van der Waals surface area contributed by atoms with Crippen molar-refractivity contribution in [2.45, 2.75) is 30.0 Å². The summed E-state index contributed by atoms with van der Waals surface area (Å²) in [6, 6.07) is 15.4. The molecule has 2 atom stereocenters. The van der Waals surface area contributed by atoms with E-state index in [4.69, 9.17) is 18.9 Å². The minimum atomic E-state index is -3.36. The Labute approximate surface area is 255 Å². The molecule has 6 rings (SSSR count). The molecule has 0 unspecified atom stereocenters. The van der Waals surface area contributed by atoms with Crippen LogP contribution in [-0.2, 0) is 32.4 Å². The van der Waals surface area contributed by atoms with Crippen LogP contribution in [0, 0.1) is 0 Å². The third-order valence-electron chi connectivity index (χ3n) is 7.41. The average molecular weight is 624 g/mol. The van der Waals surface area contributed by atoms with Gasteiger partial charge < -0.3 is 34.5 Å². The van der Waals surface area contributed by atoms with Crippen molar-refractivity contribution in [3.8, 4) is 23.0 Å². The minimum Gasteiger partial charge on any atom is -0.497 e. The molecule has 1 fully saturated rings. The zero-order chi connectivity index (χ0) is 31.4. The topological polar surface area (TPSA) is 150 Å². The molecule has 2 N–H and O–H groups in total. The molecule has 0 spiro atoms. The molecule has 0 aliphatic carbocycles. The summed E-state index contributed by atoms with van der Waals surface area (Å²) in [4.78, 5) is 41.1. The Kier molecular flexibility index (Phi) is 8.95. The van der Waals surface area contributed by atoms with Crippen LogP contribution < -0.4 is 29.6 Å². The van der Waals surface area contributed by atoms with E-state index in [1.54, 1.807) is 47.4 Å². The van der Waals surface area contributed by atoms with Gasteiger partial charge in [-0.25, -0.2) is 8.42 Å². The smallest absolute Gasteiger partial charge is 0.258 e. The Morgan fingerprint density at radius 1 is 0.977 bits per heavy atom. The maximum atomic E-state index is 13.5. The number of rotatable bonds is 5. The molecule has 0 radical (unpaired) electrons. The summed E-state index contributed by atoms with van der Waals surface area (Å²) >= 11 is 0. The van der Waals surface area contributed by atoms with Crippen molar-refractivity contribution in [1.29, 1.82) is 0 Å². The lowest BCUT2D eigenvalue weighted by Gasteiger charge is -2.22. The maximum absolute atomic E-state index is 13.5.